The first-order valence-electron chi connectivity index (χ1n) is 9.48. The first-order valence-corrected chi connectivity index (χ1v) is 10.2. The van der Waals surface area contributed by atoms with E-state index in [0.29, 0.717) is 10.2 Å². The summed E-state index contributed by atoms with van der Waals surface area (Å²) in [5, 5.41) is 18.8. The van der Waals surface area contributed by atoms with Crippen LogP contribution >= 0.6 is 23.2 Å². The Hall–Kier alpha value is -3.44. The van der Waals surface area contributed by atoms with Crippen molar-refractivity contribution in [2.75, 3.05) is 0 Å². The van der Waals surface area contributed by atoms with Crippen LogP contribution in [0.2, 0.25) is 10.0 Å². The number of aromatic nitrogens is 5. The summed E-state index contributed by atoms with van der Waals surface area (Å²) < 4.78 is 6.33. The molecule has 3 aromatic rings. The molecule has 1 aliphatic rings. The van der Waals surface area contributed by atoms with Gasteiger partial charge in [0.2, 0.25) is 11.6 Å². The highest BCUT2D eigenvalue weighted by atomic mass is 35.5. The molecular formula is C19H15Cl2N5O6. The van der Waals surface area contributed by atoms with Gasteiger partial charge in [0.25, 0.3) is 11.1 Å². The van der Waals surface area contributed by atoms with Crippen LogP contribution < -0.4 is 21.5 Å². The molecule has 13 heteroatoms. The van der Waals surface area contributed by atoms with Crippen LogP contribution in [0.25, 0.3) is 5.69 Å². The zero-order valence-electron chi connectivity index (χ0n) is 16.2. The lowest BCUT2D eigenvalue weighted by molar-refractivity contribution is 0.0685. The molecule has 32 heavy (non-hydrogen) atoms. The van der Waals surface area contributed by atoms with E-state index in [1.54, 1.807) is 6.07 Å². The maximum absolute atomic E-state index is 12.1. The number of hydrogen-bond acceptors (Lipinski definition) is 7. The Morgan fingerprint density at radius 2 is 1.75 bits per heavy atom. The fourth-order valence-electron chi connectivity index (χ4n) is 3.58. The standard InChI is InChI=1S/C19H15Cl2N5O6/c20-11-5-9(26-19(31)22-17(28)14(25-26)18(29)30)6-12(21)15(11)32-13-7-10(16(27)24-23-13)8-3-1-2-4-8/h5-8H,1-4H2,(H,24,27)(H,29,30)(H,22,28,31). The molecule has 2 aromatic heterocycles. The number of ether oxygens (including phenoxy) is 1. The highest BCUT2D eigenvalue weighted by Gasteiger charge is 2.22. The van der Waals surface area contributed by atoms with E-state index in [9.17, 15) is 19.2 Å². The van der Waals surface area contributed by atoms with Crippen molar-refractivity contribution in [2.45, 2.75) is 31.6 Å². The summed E-state index contributed by atoms with van der Waals surface area (Å²) in [4.78, 5) is 48.9. The zero-order chi connectivity index (χ0) is 23.0. The van der Waals surface area contributed by atoms with Crippen LogP contribution in [0.15, 0.2) is 32.6 Å². The zero-order valence-corrected chi connectivity index (χ0v) is 17.7. The fourth-order valence-corrected chi connectivity index (χ4v) is 4.13. The number of carboxylic acids is 1. The third-order valence-electron chi connectivity index (χ3n) is 5.07. The molecule has 0 radical (unpaired) electrons. The van der Waals surface area contributed by atoms with Gasteiger partial charge in [-0.2, -0.15) is 9.78 Å². The van der Waals surface area contributed by atoms with Gasteiger partial charge in [-0.25, -0.2) is 14.7 Å². The Morgan fingerprint density at radius 3 is 2.38 bits per heavy atom. The average molecular weight is 480 g/mol. The number of nitrogens with one attached hydrogen (secondary N) is 2. The van der Waals surface area contributed by atoms with Gasteiger partial charge in [0.1, 0.15) is 0 Å². The number of halogens is 2. The summed E-state index contributed by atoms with van der Waals surface area (Å²) in [7, 11) is 0. The Balaban J connectivity index is 1.71. The van der Waals surface area contributed by atoms with Crippen molar-refractivity contribution in [3.63, 3.8) is 0 Å². The Bertz CT molecular complexity index is 1370. The van der Waals surface area contributed by atoms with E-state index >= 15 is 0 Å². The molecule has 4 rings (SSSR count). The SMILES string of the molecule is O=C(O)c1nn(-c2cc(Cl)c(Oc3cc(C4CCCC4)c(=O)[nH]n3)c(Cl)c2)c(=O)[nH]c1=O. The number of carboxylic acid groups (broad SMARTS) is 1. The normalized spacial score (nSPS) is 13.9. The maximum Gasteiger partial charge on any atom is 0.362 e. The molecule has 0 bridgehead atoms. The van der Waals surface area contributed by atoms with Crippen LogP contribution in [0.3, 0.4) is 0 Å². The molecule has 0 unspecified atom stereocenters. The number of carbonyl (C=O) groups is 1. The minimum atomic E-state index is -1.61. The lowest BCUT2D eigenvalue weighted by Crippen LogP contribution is -2.35. The van der Waals surface area contributed by atoms with Gasteiger partial charge in [-0.15, -0.1) is 5.10 Å². The van der Waals surface area contributed by atoms with Crippen molar-refractivity contribution < 1.29 is 14.6 Å². The molecule has 0 saturated heterocycles. The Kier molecular flexibility index (Phi) is 5.85. The minimum absolute atomic E-state index is 0.00262. The molecule has 0 aliphatic heterocycles. The van der Waals surface area contributed by atoms with Crippen LogP contribution in [0, 0.1) is 0 Å². The van der Waals surface area contributed by atoms with E-state index in [4.69, 9.17) is 33.0 Å². The second-order valence-electron chi connectivity index (χ2n) is 7.14. The number of benzene rings is 1. The van der Waals surface area contributed by atoms with Gasteiger partial charge < -0.3 is 9.84 Å². The van der Waals surface area contributed by atoms with E-state index < -0.39 is 22.9 Å². The number of H-pyrrole nitrogens is 2. The molecule has 0 atom stereocenters. The third kappa shape index (κ3) is 4.16. The van der Waals surface area contributed by atoms with Gasteiger partial charge in [0, 0.05) is 11.6 Å². The number of hydrogen-bond donors (Lipinski definition) is 3. The number of rotatable bonds is 5. The van der Waals surface area contributed by atoms with Crippen molar-refractivity contribution in [3.8, 4) is 17.3 Å². The smallest absolute Gasteiger partial charge is 0.362 e. The molecule has 0 amide bonds. The van der Waals surface area contributed by atoms with Gasteiger partial charge in [-0.3, -0.25) is 14.6 Å². The van der Waals surface area contributed by atoms with Gasteiger partial charge in [0.15, 0.2) is 5.75 Å². The molecule has 0 spiro atoms. The highest BCUT2D eigenvalue weighted by molar-refractivity contribution is 6.37. The van der Waals surface area contributed by atoms with Gasteiger partial charge in [-0.05, 0) is 30.9 Å². The predicted octanol–water partition coefficient (Wildman–Crippen LogP) is 2.46. The molecule has 1 aliphatic carbocycles. The fraction of sp³-hybridized carbons (Fsp3) is 0.263. The summed E-state index contributed by atoms with van der Waals surface area (Å²) in [6, 6.07) is 4.05. The van der Waals surface area contributed by atoms with Crippen molar-refractivity contribution in [2.24, 2.45) is 0 Å². The van der Waals surface area contributed by atoms with E-state index in [1.165, 1.54) is 12.1 Å². The molecule has 11 nitrogen and oxygen atoms in total. The predicted molar refractivity (Wildman–Crippen MR) is 114 cm³/mol. The molecule has 166 valence electrons. The number of aromatic carboxylic acids is 1. The van der Waals surface area contributed by atoms with Crippen LogP contribution in [0.4, 0.5) is 0 Å². The first-order chi connectivity index (χ1) is 15.2. The molecule has 1 aromatic carbocycles. The van der Waals surface area contributed by atoms with Crippen molar-refractivity contribution >= 4 is 29.2 Å². The van der Waals surface area contributed by atoms with Crippen molar-refractivity contribution in [1.82, 2.24) is 25.0 Å². The quantitative estimate of drug-likeness (QED) is 0.502. The van der Waals surface area contributed by atoms with Gasteiger partial charge >= 0.3 is 11.7 Å². The first kappa shape index (κ1) is 21.8. The second-order valence-corrected chi connectivity index (χ2v) is 7.95. The molecule has 2 heterocycles. The van der Waals surface area contributed by atoms with Crippen LogP contribution in [0.1, 0.15) is 47.7 Å². The van der Waals surface area contributed by atoms with Crippen molar-refractivity contribution in [3.05, 3.63) is 70.7 Å². The van der Waals surface area contributed by atoms with Crippen molar-refractivity contribution in [1.29, 1.82) is 0 Å². The summed E-state index contributed by atoms with van der Waals surface area (Å²) in [5.74, 6) is -1.40. The summed E-state index contributed by atoms with van der Waals surface area (Å²) in [6.07, 6.45) is 3.90. The lowest BCUT2D eigenvalue weighted by Gasteiger charge is -2.13. The topological polar surface area (TPSA) is 160 Å². The second kappa shape index (κ2) is 8.60. The number of aromatic amines is 2. The Morgan fingerprint density at radius 1 is 1.09 bits per heavy atom. The average Bonchev–Trinajstić information content (AvgIpc) is 3.26. The molecule has 3 N–H and O–H groups in total. The minimum Gasteiger partial charge on any atom is -0.476 e. The molecular weight excluding hydrogens is 465 g/mol. The monoisotopic (exact) mass is 479 g/mol. The maximum atomic E-state index is 12.1. The van der Waals surface area contributed by atoms with Gasteiger partial charge in [-0.1, -0.05) is 36.0 Å². The van der Waals surface area contributed by atoms with E-state index in [2.05, 4.69) is 15.3 Å². The van der Waals surface area contributed by atoms with E-state index in [-0.39, 0.29) is 38.8 Å². The number of nitrogens with zero attached hydrogens (tertiary/aromatic N) is 3. The summed E-state index contributed by atoms with van der Waals surface area (Å²) in [6.45, 7) is 0. The summed E-state index contributed by atoms with van der Waals surface area (Å²) >= 11 is 12.6. The highest BCUT2D eigenvalue weighted by Crippen LogP contribution is 2.38. The van der Waals surface area contributed by atoms with Crippen LogP contribution in [-0.2, 0) is 0 Å². The lowest BCUT2D eigenvalue weighted by atomic mass is 10.00. The summed E-state index contributed by atoms with van der Waals surface area (Å²) in [5.41, 5.74) is -2.72. The Labute approximate surface area is 188 Å². The largest absolute Gasteiger partial charge is 0.476 e. The molecule has 1 saturated carbocycles. The van der Waals surface area contributed by atoms with Gasteiger partial charge in [0.05, 0.1) is 15.7 Å². The van der Waals surface area contributed by atoms with Crippen LogP contribution in [0.5, 0.6) is 11.6 Å². The third-order valence-corrected chi connectivity index (χ3v) is 5.63. The van der Waals surface area contributed by atoms with Crippen LogP contribution in [-0.4, -0.2) is 36.0 Å². The van der Waals surface area contributed by atoms with E-state index in [1.807, 2.05) is 4.98 Å². The molecule has 1 fully saturated rings. The van der Waals surface area contributed by atoms with E-state index in [0.717, 1.165) is 25.7 Å².